The molecule has 0 fully saturated rings. The number of benzene rings is 1. The molecular weight excluding hydrogens is 318 g/mol. The molecule has 6 nitrogen and oxygen atoms in total. The summed E-state index contributed by atoms with van der Waals surface area (Å²) >= 11 is 0. The Kier molecular flexibility index (Phi) is 8.01. The molecule has 0 bridgehead atoms. The maximum Gasteiger partial charge on any atom is 0.319 e. The fourth-order valence-electron chi connectivity index (χ4n) is 2.45. The number of likely N-dealkylation sites (N-methyl/N-ethyl adjacent to an activating group) is 1. The first-order valence-corrected chi connectivity index (χ1v) is 8.67. The van der Waals surface area contributed by atoms with Crippen LogP contribution in [0.15, 0.2) is 47.1 Å². The number of rotatable bonds is 10. The zero-order valence-corrected chi connectivity index (χ0v) is 15.0. The molecule has 25 heavy (non-hydrogen) atoms. The molecule has 0 unspecified atom stereocenters. The molecule has 2 amide bonds. The van der Waals surface area contributed by atoms with Crippen molar-refractivity contribution in [2.45, 2.75) is 27.1 Å². The summed E-state index contributed by atoms with van der Waals surface area (Å²) in [5.74, 6) is 0.793. The Bertz CT molecular complexity index is 625. The van der Waals surface area contributed by atoms with Gasteiger partial charge >= 0.3 is 6.03 Å². The van der Waals surface area contributed by atoms with Gasteiger partial charge in [-0.1, -0.05) is 26.0 Å². The molecule has 0 radical (unpaired) electrons. The minimum absolute atomic E-state index is 0.194. The molecule has 0 aliphatic rings. The van der Waals surface area contributed by atoms with Crippen LogP contribution in [-0.2, 0) is 18.0 Å². The van der Waals surface area contributed by atoms with E-state index in [1.165, 1.54) is 0 Å². The molecule has 0 atom stereocenters. The normalized spacial score (nSPS) is 10.8. The smallest absolute Gasteiger partial charge is 0.319 e. The number of anilines is 1. The average molecular weight is 345 g/mol. The second-order valence-electron chi connectivity index (χ2n) is 5.68. The van der Waals surface area contributed by atoms with Gasteiger partial charge in [-0.2, -0.15) is 0 Å². The summed E-state index contributed by atoms with van der Waals surface area (Å²) in [6, 6.07) is 11.2. The summed E-state index contributed by atoms with van der Waals surface area (Å²) < 4.78 is 10.8. The first-order valence-electron chi connectivity index (χ1n) is 8.67. The van der Waals surface area contributed by atoms with Gasteiger partial charge in [0.15, 0.2) is 0 Å². The highest BCUT2D eigenvalue weighted by Crippen LogP contribution is 2.12. The van der Waals surface area contributed by atoms with Gasteiger partial charge in [0.1, 0.15) is 12.4 Å². The van der Waals surface area contributed by atoms with Crippen LogP contribution in [0, 0.1) is 0 Å². The predicted molar refractivity (Wildman–Crippen MR) is 98.5 cm³/mol. The van der Waals surface area contributed by atoms with E-state index in [0.29, 0.717) is 19.8 Å². The third-order valence-corrected chi connectivity index (χ3v) is 3.89. The number of ether oxygens (including phenoxy) is 1. The number of hydrogen-bond donors (Lipinski definition) is 2. The first-order chi connectivity index (χ1) is 12.2. The Morgan fingerprint density at radius 2 is 2.00 bits per heavy atom. The Hall–Kier alpha value is -2.31. The molecule has 0 saturated heterocycles. The maximum atomic E-state index is 12.0. The highest BCUT2D eigenvalue weighted by atomic mass is 16.5. The van der Waals surface area contributed by atoms with Crippen LogP contribution in [0.4, 0.5) is 10.5 Å². The molecule has 0 saturated carbocycles. The van der Waals surface area contributed by atoms with E-state index in [1.807, 2.05) is 36.4 Å². The second kappa shape index (κ2) is 10.5. The summed E-state index contributed by atoms with van der Waals surface area (Å²) in [5.41, 5.74) is 1.74. The van der Waals surface area contributed by atoms with Crippen LogP contribution >= 0.6 is 0 Å². The van der Waals surface area contributed by atoms with Crippen molar-refractivity contribution in [2.75, 3.05) is 31.5 Å². The quantitative estimate of drug-likeness (QED) is 0.692. The Labute approximate surface area is 149 Å². The van der Waals surface area contributed by atoms with Crippen molar-refractivity contribution in [1.82, 2.24) is 10.2 Å². The molecule has 2 rings (SSSR count). The van der Waals surface area contributed by atoms with Gasteiger partial charge in [-0.05, 0) is 42.9 Å². The number of hydrogen-bond acceptors (Lipinski definition) is 4. The fraction of sp³-hybridized carbons (Fsp3) is 0.421. The van der Waals surface area contributed by atoms with Gasteiger partial charge in [0.25, 0.3) is 0 Å². The largest absolute Gasteiger partial charge is 0.467 e. The highest BCUT2D eigenvalue weighted by molar-refractivity contribution is 5.89. The fourth-order valence-corrected chi connectivity index (χ4v) is 2.45. The lowest BCUT2D eigenvalue weighted by Gasteiger charge is -2.18. The molecule has 0 aliphatic heterocycles. The van der Waals surface area contributed by atoms with E-state index >= 15 is 0 Å². The van der Waals surface area contributed by atoms with Crippen molar-refractivity contribution in [3.05, 3.63) is 54.0 Å². The van der Waals surface area contributed by atoms with Crippen LogP contribution < -0.4 is 10.6 Å². The van der Waals surface area contributed by atoms with E-state index in [-0.39, 0.29) is 6.03 Å². The van der Waals surface area contributed by atoms with Crippen molar-refractivity contribution in [1.29, 1.82) is 0 Å². The van der Waals surface area contributed by atoms with Crippen molar-refractivity contribution in [2.24, 2.45) is 0 Å². The number of furan rings is 1. The lowest BCUT2D eigenvalue weighted by molar-refractivity contribution is 0.0930. The molecule has 2 N–H and O–H groups in total. The van der Waals surface area contributed by atoms with Gasteiger partial charge in [0.05, 0.1) is 12.9 Å². The van der Waals surface area contributed by atoms with Gasteiger partial charge in [-0.3, -0.25) is 0 Å². The average Bonchev–Trinajstić information content (AvgIpc) is 3.12. The SMILES string of the molecule is CCN(CC)CCNC(=O)Nc1cccc(COCc2ccco2)c1. The minimum atomic E-state index is -0.194. The van der Waals surface area contributed by atoms with Crippen molar-refractivity contribution < 1.29 is 13.9 Å². The standard InChI is InChI=1S/C19H27N3O3/c1-3-22(4-2)11-10-20-19(23)21-17-8-5-7-16(13-17)14-24-15-18-9-6-12-25-18/h5-9,12-13H,3-4,10-11,14-15H2,1-2H3,(H2,20,21,23). The van der Waals surface area contributed by atoms with E-state index in [0.717, 1.165) is 36.6 Å². The Balaban J connectivity index is 1.73. The maximum absolute atomic E-state index is 12.0. The van der Waals surface area contributed by atoms with Gasteiger partial charge in [0, 0.05) is 18.8 Å². The number of nitrogens with zero attached hydrogens (tertiary/aromatic N) is 1. The predicted octanol–water partition coefficient (Wildman–Crippen LogP) is 3.46. The van der Waals surface area contributed by atoms with Crippen LogP contribution in [0.1, 0.15) is 25.2 Å². The first kappa shape index (κ1) is 19.0. The van der Waals surface area contributed by atoms with Crippen LogP contribution in [-0.4, -0.2) is 37.1 Å². The van der Waals surface area contributed by atoms with Crippen LogP contribution in [0.3, 0.4) is 0 Å². The lowest BCUT2D eigenvalue weighted by atomic mass is 10.2. The lowest BCUT2D eigenvalue weighted by Crippen LogP contribution is -2.36. The highest BCUT2D eigenvalue weighted by Gasteiger charge is 2.04. The van der Waals surface area contributed by atoms with E-state index in [2.05, 4.69) is 29.4 Å². The summed E-state index contributed by atoms with van der Waals surface area (Å²) in [6.07, 6.45) is 1.63. The van der Waals surface area contributed by atoms with Gasteiger partial charge in [0.2, 0.25) is 0 Å². The molecule has 0 spiro atoms. The van der Waals surface area contributed by atoms with E-state index in [1.54, 1.807) is 6.26 Å². The summed E-state index contributed by atoms with van der Waals surface area (Å²) in [7, 11) is 0. The zero-order valence-electron chi connectivity index (χ0n) is 15.0. The van der Waals surface area contributed by atoms with Crippen molar-refractivity contribution in [3.63, 3.8) is 0 Å². The summed E-state index contributed by atoms with van der Waals surface area (Å²) in [5, 5.41) is 5.73. The van der Waals surface area contributed by atoms with E-state index in [9.17, 15) is 4.79 Å². The van der Waals surface area contributed by atoms with Crippen LogP contribution in [0.2, 0.25) is 0 Å². The molecular formula is C19H27N3O3. The van der Waals surface area contributed by atoms with Crippen LogP contribution in [0.25, 0.3) is 0 Å². The van der Waals surface area contributed by atoms with Gasteiger partial charge in [-0.15, -0.1) is 0 Å². The summed E-state index contributed by atoms with van der Waals surface area (Å²) in [4.78, 5) is 14.2. The zero-order chi connectivity index (χ0) is 17.9. The molecule has 136 valence electrons. The van der Waals surface area contributed by atoms with E-state index in [4.69, 9.17) is 9.15 Å². The number of carbonyl (C=O) groups is 1. The molecule has 1 heterocycles. The third kappa shape index (κ3) is 6.99. The third-order valence-electron chi connectivity index (χ3n) is 3.89. The van der Waals surface area contributed by atoms with Gasteiger partial charge in [-0.25, -0.2) is 4.79 Å². The van der Waals surface area contributed by atoms with Gasteiger partial charge < -0.3 is 24.7 Å². The topological polar surface area (TPSA) is 66.7 Å². The second-order valence-corrected chi connectivity index (χ2v) is 5.68. The van der Waals surface area contributed by atoms with E-state index < -0.39 is 0 Å². The molecule has 2 aromatic rings. The van der Waals surface area contributed by atoms with Crippen molar-refractivity contribution in [3.8, 4) is 0 Å². The molecule has 6 heteroatoms. The number of urea groups is 1. The number of amides is 2. The monoisotopic (exact) mass is 345 g/mol. The molecule has 1 aromatic heterocycles. The Morgan fingerprint density at radius 3 is 2.72 bits per heavy atom. The number of nitrogens with one attached hydrogen (secondary N) is 2. The summed E-state index contributed by atoms with van der Waals surface area (Å²) in [6.45, 7) is 8.56. The molecule has 1 aromatic carbocycles. The molecule has 0 aliphatic carbocycles. The number of carbonyl (C=O) groups excluding carboxylic acids is 1. The minimum Gasteiger partial charge on any atom is -0.467 e. The van der Waals surface area contributed by atoms with Crippen LogP contribution in [0.5, 0.6) is 0 Å². The Morgan fingerprint density at radius 1 is 1.16 bits per heavy atom. The van der Waals surface area contributed by atoms with Crippen molar-refractivity contribution >= 4 is 11.7 Å².